The van der Waals surface area contributed by atoms with Gasteiger partial charge in [0, 0.05) is 17.7 Å². The van der Waals surface area contributed by atoms with Crippen molar-refractivity contribution in [1.82, 2.24) is 5.32 Å². The number of hydrogen-bond acceptors (Lipinski definition) is 3. The van der Waals surface area contributed by atoms with E-state index in [9.17, 15) is 4.79 Å². The number of piperidine rings is 1. The summed E-state index contributed by atoms with van der Waals surface area (Å²) in [6.07, 6.45) is 5.48. The molecular formula is C18H27ClN2O2. The summed E-state index contributed by atoms with van der Waals surface area (Å²) < 4.78 is 5.69. The SMILES string of the molecule is CCCCOc1cccc(NC(=O)C2CC23CCNCC3)c1.Cl. The predicted octanol–water partition coefficient (Wildman–Crippen LogP) is 3.62. The van der Waals surface area contributed by atoms with Crippen LogP contribution in [0.15, 0.2) is 24.3 Å². The van der Waals surface area contributed by atoms with Crippen LogP contribution in [0.1, 0.15) is 39.0 Å². The van der Waals surface area contributed by atoms with Crippen molar-refractivity contribution in [2.24, 2.45) is 11.3 Å². The van der Waals surface area contributed by atoms with E-state index < -0.39 is 0 Å². The van der Waals surface area contributed by atoms with Crippen molar-refractivity contribution in [2.75, 3.05) is 25.0 Å². The maximum atomic E-state index is 12.4. The fraction of sp³-hybridized carbons (Fsp3) is 0.611. The minimum absolute atomic E-state index is 0. The lowest BCUT2D eigenvalue weighted by Crippen LogP contribution is -2.31. The lowest BCUT2D eigenvalue weighted by molar-refractivity contribution is -0.118. The van der Waals surface area contributed by atoms with E-state index in [-0.39, 0.29) is 29.6 Å². The summed E-state index contributed by atoms with van der Waals surface area (Å²) >= 11 is 0. The van der Waals surface area contributed by atoms with Crippen molar-refractivity contribution in [3.05, 3.63) is 24.3 Å². The topological polar surface area (TPSA) is 50.4 Å². The van der Waals surface area contributed by atoms with E-state index in [1.165, 1.54) is 0 Å². The molecule has 1 aromatic carbocycles. The van der Waals surface area contributed by atoms with Crippen molar-refractivity contribution in [1.29, 1.82) is 0 Å². The number of ether oxygens (including phenoxy) is 1. The Balaban J connectivity index is 0.00000192. The number of rotatable bonds is 6. The Morgan fingerprint density at radius 2 is 2.17 bits per heavy atom. The van der Waals surface area contributed by atoms with E-state index in [4.69, 9.17) is 4.74 Å². The number of unbranched alkanes of at least 4 members (excludes halogenated alkanes) is 1. The van der Waals surface area contributed by atoms with Gasteiger partial charge in [0.05, 0.1) is 6.61 Å². The Morgan fingerprint density at radius 3 is 2.91 bits per heavy atom. The first kappa shape index (κ1) is 18.1. The van der Waals surface area contributed by atoms with Crippen LogP contribution < -0.4 is 15.4 Å². The average molecular weight is 339 g/mol. The molecule has 2 aliphatic rings. The Bertz CT molecular complexity index is 530. The zero-order valence-corrected chi connectivity index (χ0v) is 14.6. The van der Waals surface area contributed by atoms with Gasteiger partial charge in [-0.25, -0.2) is 0 Å². The number of hydrogen-bond donors (Lipinski definition) is 2. The van der Waals surface area contributed by atoms with Crippen LogP contribution in [0.5, 0.6) is 5.75 Å². The molecule has 1 aliphatic carbocycles. The molecule has 4 nitrogen and oxygen atoms in total. The molecule has 3 rings (SSSR count). The van der Waals surface area contributed by atoms with E-state index in [2.05, 4.69) is 17.6 Å². The second-order valence-corrected chi connectivity index (χ2v) is 6.59. The minimum atomic E-state index is 0. The Hall–Kier alpha value is -1.26. The number of nitrogens with one attached hydrogen (secondary N) is 2. The van der Waals surface area contributed by atoms with Crippen molar-refractivity contribution in [3.8, 4) is 5.75 Å². The van der Waals surface area contributed by atoms with Crippen LogP contribution in [0, 0.1) is 11.3 Å². The third-order valence-corrected chi connectivity index (χ3v) is 4.97. The molecule has 1 heterocycles. The van der Waals surface area contributed by atoms with E-state index in [0.717, 1.165) is 63.2 Å². The molecular weight excluding hydrogens is 312 g/mol. The molecule has 1 spiro atoms. The van der Waals surface area contributed by atoms with E-state index in [1.807, 2.05) is 24.3 Å². The van der Waals surface area contributed by atoms with E-state index >= 15 is 0 Å². The number of carbonyl (C=O) groups is 1. The zero-order valence-electron chi connectivity index (χ0n) is 13.8. The molecule has 128 valence electrons. The molecule has 1 saturated carbocycles. The summed E-state index contributed by atoms with van der Waals surface area (Å²) in [4.78, 5) is 12.4. The Kier molecular flexibility index (Phi) is 6.31. The van der Waals surface area contributed by atoms with Crippen molar-refractivity contribution in [3.63, 3.8) is 0 Å². The standard InChI is InChI=1S/C18H26N2O2.ClH/c1-2-3-11-22-15-6-4-5-14(12-15)20-17(21)16-13-18(16)7-9-19-10-8-18;/h4-6,12,16,19H,2-3,7-11,13H2,1H3,(H,20,21);1H. The molecule has 2 N–H and O–H groups in total. The van der Waals surface area contributed by atoms with Gasteiger partial charge < -0.3 is 15.4 Å². The van der Waals surface area contributed by atoms with Crippen LogP contribution in [0.25, 0.3) is 0 Å². The number of carbonyl (C=O) groups excluding carboxylic acids is 1. The lowest BCUT2D eigenvalue weighted by atomic mass is 9.92. The van der Waals surface area contributed by atoms with Gasteiger partial charge in [0.1, 0.15) is 5.75 Å². The summed E-state index contributed by atoms with van der Waals surface area (Å²) in [5.74, 6) is 1.20. The fourth-order valence-corrected chi connectivity index (χ4v) is 3.42. The number of anilines is 1. The Labute approximate surface area is 144 Å². The molecule has 5 heteroatoms. The predicted molar refractivity (Wildman–Crippen MR) is 95.4 cm³/mol. The molecule has 1 atom stereocenters. The second-order valence-electron chi connectivity index (χ2n) is 6.59. The largest absolute Gasteiger partial charge is 0.494 e. The van der Waals surface area contributed by atoms with Crippen LogP contribution in [0.3, 0.4) is 0 Å². The number of halogens is 1. The van der Waals surface area contributed by atoms with Crippen molar-refractivity contribution in [2.45, 2.75) is 39.0 Å². The van der Waals surface area contributed by atoms with Gasteiger partial charge >= 0.3 is 0 Å². The summed E-state index contributed by atoms with van der Waals surface area (Å²) in [5.41, 5.74) is 1.12. The third kappa shape index (κ3) is 4.39. The van der Waals surface area contributed by atoms with Gasteiger partial charge in [0.15, 0.2) is 0 Å². The van der Waals surface area contributed by atoms with Gasteiger partial charge in [-0.3, -0.25) is 4.79 Å². The first-order chi connectivity index (χ1) is 10.7. The molecule has 1 saturated heterocycles. The number of benzene rings is 1. The van der Waals surface area contributed by atoms with Crippen LogP contribution in [0.2, 0.25) is 0 Å². The first-order valence-corrected chi connectivity index (χ1v) is 8.48. The maximum absolute atomic E-state index is 12.4. The quantitative estimate of drug-likeness (QED) is 0.779. The van der Waals surface area contributed by atoms with Crippen molar-refractivity contribution < 1.29 is 9.53 Å². The Morgan fingerprint density at radius 1 is 1.39 bits per heavy atom. The normalized spacial score (nSPS) is 21.3. The van der Waals surface area contributed by atoms with Crippen LogP contribution in [-0.2, 0) is 4.79 Å². The second kappa shape index (κ2) is 8.02. The monoisotopic (exact) mass is 338 g/mol. The summed E-state index contributed by atoms with van der Waals surface area (Å²) in [6.45, 7) is 4.97. The molecule has 0 radical (unpaired) electrons. The van der Waals surface area contributed by atoms with Crippen molar-refractivity contribution >= 4 is 24.0 Å². The molecule has 23 heavy (non-hydrogen) atoms. The number of amides is 1. The lowest BCUT2D eigenvalue weighted by Gasteiger charge is -2.23. The summed E-state index contributed by atoms with van der Waals surface area (Å²) in [5, 5.41) is 6.44. The molecule has 1 unspecified atom stereocenters. The van der Waals surface area contributed by atoms with Gasteiger partial charge in [-0.05, 0) is 56.3 Å². The first-order valence-electron chi connectivity index (χ1n) is 8.48. The average Bonchev–Trinajstić information content (AvgIpc) is 3.22. The molecule has 1 amide bonds. The fourth-order valence-electron chi connectivity index (χ4n) is 3.42. The third-order valence-electron chi connectivity index (χ3n) is 4.97. The highest BCUT2D eigenvalue weighted by molar-refractivity contribution is 5.95. The van der Waals surface area contributed by atoms with Gasteiger partial charge in [-0.1, -0.05) is 19.4 Å². The van der Waals surface area contributed by atoms with E-state index in [1.54, 1.807) is 0 Å². The van der Waals surface area contributed by atoms with E-state index in [0.29, 0.717) is 0 Å². The minimum Gasteiger partial charge on any atom is -0.494 e. The smallest absolute Gasteiger partial charge is 0.228 e. The molecule has 1 aromatic rings. The van der Waals surface area contributed by atoms with Crippen LogP contribution >= 0.6 is 12.4 Å². The highest BCUT2D eigenvalue weighted by Crippen LogP contribution is 2.58. The molecule has 2 fully saturated rings. The highest BCUT2D eigenvalue weighted by atomic mass is 35.5. The maximum Gasteiger partial charge on any atom is 0.228 e. The summed E-state index contributed by atoms with van der Waals surface area (Å²) in [6, 6.07) is 7.73. The van der Waals surface area contributed by atoms with Gasteiger partial charge in [0.25, 0.3) is 0 Å². The zero-order chi connectivity index (χ0) is 15.4. The van der Waals surface area contributed by atoms with Crippen LogP contribution in [-0.4, -0.2) is 25.6 Å². The molecule has 1 aliphatic heterocycles. The van der Waals surface area contributed by atoms with Gasteiger partial charge in [-0.2, -0.15) is 0 Å². The highest BCUT2D eigenvalue weighted by Gasteiger charge is 2.57. The van der Waals surface area contributed by atoms with Crippen LogP contribution in [0.4, 0.5) is 5.69 Å². The van der Waals surface area contributed by atoms with Gasteiger partial charge in [0.2, 0.25) is 5.91 Å². The van der Waals surface area contributed by atoms with Gasteiger partial charge in [-0.15, -0.1) is 12.4 Å². The molecule has 0 aromatic heterocycles. The molecule has 0 bridgehead atoms. The summed E-state index contributed by atoms with van der Waals surface area (Å²) in [7, 11) is 0.